The van der Waals surface area contributed by atoms with Gasteiger partial charge >= 0.3 is 6.16 Å². The highest BCUT2D eigenvalue weighted by Crippen LogP contribution is 2.66. The molecule has 4 rings (SSSR count). The van der Waals surface area contributed by atoms with Gasteiger partial charge in [-0.25, -0.2) is 4.79 Å². The summed E-state index contributed by atoms with van der Waals surface area (Å²) in [6, 6.07) is 0. The summed E-state index contributed by atoms with van der Waals surface area (Å²) < 4.78 is 10.6. The van der Waals surface area contributed by atoms with Gasteiger partial charge in [0.1, 0.15) is 11.7 Å². The van der Waals surface area contributed by atoms with Crippen LogP contribution in [0, 0.1) is 40.4 Å². The van der Waals surface area contributed by atoms with Crippen molar-refractivity contribution in [1.82, 2.24) is 0 Å². The lowest BCUT2D eigenvalue weighted by atomic mass is 9.49. The first-order valence-electron chi connectivity index (χ1n) is 14.0. The van der Waals surface area contributed by atoms with Gasteiger partial charge in [-0.2, -0.15) is 0 Å². The number of aliphatic hydroxyl groups is 2. The molecule has 0 heterocycles. The van der Waals surface area contributed by atoms with Crippen LogP contribution >= 0.6 is 0 Å². The summed E-state index contributed by atoms with van der Waals surface area (Å²) in [6.07, 6.45) is 16.0. The molecule has 5 nitrogen and oxygen atoms in total. The molecule has 0 aromatic carbocycles. The molecule has 2 N–H and O–H groups in total. The van der Waals surface area contributed by atoms with E-state index in [0.29, 0.717) is 36.5 Å². The van der Waals surface area contributed by atoms with Crippen LogP contribution in [0.1, 0.15) is 66.2 Å². The Morgan fingerprint density at radius 1 is 1.14 bits per heavy atom. The van der Waals surface area contributed by atoms with E-state index in [1.165, 1.54) is 24.7 Å². The van der Waals surface area contributed by atoms with E-state index >= 15 is 0 Å². The fraction of sp³-hybridized carbons (Fsp3) is 0.656. The highest BCUT2D eigenvalue weighted by molar-refractivity contribution is 5.60. The molecular formula is C32H46O5. The number of fused-ring (bicyclic) bond motifs is 5. The van der Waals surface area contributed by atoms with Gasteiger partial charge in [0.25, 0.3) is 0 Å². The molecular weight excluding hydrogens is 464 g/mol. The number of hydrogen-bond donors (Lipinski definition) is 2. The van der Waals surface area contributed by atoms with Crippen LogP contribution in [0.25, 0.3) is 0 Å². The van der Waals surface area contributed by atoms with E-state index in [1.807, 2.05) is 6.92 Å². The molecule has 4 aliphatic rings. The van der Waals surface area contributed by atoms with Gasteiger partial charge in [0.2, 0.25) is 0 Å². The molecule has 0 unspecified atom stereocenters. The normalized spacial score (nSPS) is 38.8. The molecule has 0 aliphatic heterocycles. The van der Waals surface area contributed by atoms with Crippen LogP contribution < -0.4 is 0 Å². The van der Waals surface area contributed by atoms with Crippen LogP contribution in [0.5, 0.6) is 0 Å². The van der Waals surface area contributed by atoms with Crippen molar-refractivity contribution in [3.63, 3.8) is 0 Å². The second-order valence-corrected chi connectivity index (χ2v) is 12.5. The molecule has 0 aromatic rings. The fourth-order valence-corrected chi connectivity index (χ4v) is 8.35. The van der Waals surface area contributed by atoms with Gasteiger partial charge < -0.3 is 19.7 Å². The van der Waals surface area contributed by atoms with Crippen molar-refractivity contribution < 1.29 is 24.5 Å². The molecule has 4 aliphatic carbocycles. The van der Waals surface area contributed by atoms with Crippen molar-refractivity contribution >= 4 is 6.16 Å². The molecule has 5 heteroatoms. The summed E-state index contributed by atoms with van der Waals surface area (Å²) >= 11 is 0. The van der Waals surface area contributed by atoms with Gasteiger partial charge in [0.15, 0.2) is 0 Å². The molecule has 0 bridgehead atoms. The Kier molecular flexibility index (Phi) is 7.71. The predicted octanol–water partition coefficient (Wildman–Crippen LogP) is 6.54. The standard InChI is InChI=1S/C32H46O5/c1-8-32(35,9-2)21(4)11-10-20(3)25-14-15-26-24-13-12-22-18-23(33)19-28(37-29(34)36-7)31(22,6)27(24)16-17-30(25,26)5/h8-13,20-21,23,25-28,33,35H,1-2,14-19H2,3-7H3/b11-10+/t20-,21-,23-,25-,26+,27+,28+,30-,31-/m1/s1. The predicted molar refractivity (Wildman–Crippen MR) is 147 cm³/mol. The lowest BCUT2D eigenvalue weighted by molar-refractivity contribution is -0.0760. The zero-order chi connectivity index (χ0) is 27.2. The van der Waals surface area contributed by atoms with Gasteiger partial charge in [-0.3, -0.25) is 0 Å². The molecule has 3 saturated carbocycles. The van der Waals surface area contributed by atoms with Crippen molar-refractivity contribution in [1.29, 1.82) is 0 Å². The highest BCUT2D eigenvalue weighted by atomic mass is 16.7. The van der Waals surface area contributed by atoms with Crippen LogP contribution in [-0.4, -0.2) is 41.3 Å². The maximum atomic E-state index is 12.1. The number of ether oxygens (including phenoxy) is 2. The quantitative estimate of drug-likeness (QED) is 0.300. The maximum Gasteiger partial charge on any atom is 0.508 e. The second-order valence-electron chi connectivity index (χ2n) is 12.5. The summed E-state index contributed by atoms with van der Waals surface area (Å²) in [5.74, 6) is 1.63. The molecule has 0 amide bonds. The van der Waals surface area contributed by atoms with Gasteiger partial charge in [0, 0.05) is 17.8 Å². The van der Waals surface area contributed by atoms with E-state index in [2.05, 4.69) is 58.2 Å². The second kappa shape index (κ2) is 10.2. The van der Waals surface area contributed by atoms with Crippen molar-refractivity contribution in [2.24, 2.45) is 40.4 Å². The zero-order valence-corrected chi connectivity index (χ0v) is 23.3. The monoisotopic (exact) mass is 510 g/mol. The molecule has 37 heavy (non-hydrogen) atoms. The molecule has 0 saturated heterocycles. The Hall–Kier alpha value is -2.11. The van der Waals surface area contributed by atoms with Gasteiger partial charge in [-0.1, -0.05) is 88.5 Å². The summed E-state index contributed by atoms with van der Waals surface area (Å²) in [4.78, 5) is 12.1. The largest absolute Gasteiger partial charge is 0.508 e. The minimum absolute atomic E-state index is 0.0938. The molecule has 9 atom stereocenters. The SMILES string of the molecule is C=CC(O)(C=C)[C@H](C)/C=C/[C@@H](C)[C@H]1CC[C@H]2C3=CC=C4C[C@@H](O)C[C@H](OC(=O)OC)[C@@]4(C)[C@H]3CC[C@]12C. The van der Waals surface area contributed by atoms with Crippen LogP contribution in [0.2, 0.25) is 0 Å². The van der Waals surface area contributed by atoms with Gasteiger partial charge in [-0.05, 0) is 61.2 Å². The van der Waals surface area contributed by atoms with Crippen LogP contribution in [0.4, 0.5) is 4.79 Å². The minimum Gasteiger partial charge on any atom is -0.438 e. The van der Waals surface area contributed by atoms with E-state index in [0.717, 1.165) is 19.3 Å². The number of allylic oxidation sites excluding steroid dienone is 4. The van der Waals surface area contributed by atoms with E-state index in [4.69, 9.17) is 9.47 Å². The van der Waals surface area contributed by atoms with Crippen LogP contribution in [-0.2, 0) is 9.47 Å². The Labute approximate surface area is 223 Å². The molecule has 0 aromatic heterocycles. The average Bonchev–Trinajstić information content (AvgIpc) is 3.24. The third-order valence-electron chi connectivity index (χ3n) is 10.8. The Bertz CT molecular complexity index is 999. The number of carbonyl (C=O) groups is 1. The Balaban J connectivity index is 1.58. The smallest absolute Gasteiger partial charge is 0.438 e. The topological polar surface area (TPSA) is 76.0 Å². The van der Waals surface area contributed by atoms with E-state index in [1.54, 1.807) is 12.2 Å². The van der Waals surface area contributed by atoms with Crippen molar-refractivity contribution in [3.8, 4) is 0 Å². The number of methoxy groups -OCH3 is 1. The Morgan fingerprint density at radius 2 is 1.84 bits per heavy atom. The highest BCUT2D eigenvalue weighted by Gasteiger charge is 2.59. The van der Waals surface area contributed by atoms with Crippen LogP contribution in [0.15, 0.2) is 60.8 Å². The number of hydrogen-bond acceptors (Lipinski definition) is 5. The molecule has 0 spiro atoms. The first-order valence-corrected chi connectivity index (χ1v) is 14.0. The third-order valence-corrected chi connectivity index (χ3v) is 10.8. The summed E-state index contributed by atoms with van der Waals surface area (Å²) in [6.45, 7) is 16.6. The minimum atomic E-state index is -1.10. The van der Waals surface area contributed by atoms with E-state index < -0.39 is 24.0 Å². The van der Waals surface area contributed by atoms with Gasteiger partial charge in [-0.15, -0.1) is 0 Å². The maximum absolute atomic E-state index is 12.1. The molecule has 204 valence electrons. The first kappa shape index (κ1) is 27.9. The molecule has 3 fully saturated rings. The van der Waals surface area contributed by atoms with E-state index in [9.17, 15) is 15.0 Å². The Morgan fingerprint density at radius 3 is 2.49 bits per heavy atom. The summed E-state index contributed by atoms with van der Waals surface area (Å²) in [5, 5.41) is 21.3. The third kappa shape index (κ3) is 4.57. The van der Waals surface area contributed by atoms with E-state index in [-0.39, 0.29) is 16.7 Å². The van der Waals surface area contributed by atoms with Gasteiger partial charge in [0.05, 0.1) is 13.2 Å². The zero-order valence-electron chi connectivity index (χ0n) is 23.3. The number of rotatable bonds is 7. The first-order chi connectivity index (χ1) is 17.4. The fourth-order valence-electron chi connectivity index (χ4n) is 8.35. The lowest BCUT2D eigenvalue weighted by Gasteiger charge is -2.56. The summed E-state index contributed by atoms with van der Waals surface area (Å²) in [5.41, 5.74) is 1.46. The van der Waals surface area contributed by atoms with Crippen LogP contribution in [0.3, 0.4) is 0 Å². The van der Waals surface area contributed by atoms with Crippen molar-refractivity contribution in [2.45, 2.75) is 84.0 Å². The molecule has 0 radical (unpaired) electrons. The summed E-state index contributed by atoms with van der Waals surface area (Å²) in [7, 11) is 1.34. The van der Waals surface area contributed by atoms with Crippen molar-refractivity contribution in [3.05, 3.63) is 60.8 Å². The number of carbonyl (C=O) groups excluding carboxylic acids is 1. The lowest BCUT2D eigenvalue weighted by Crippen LogP contribution is -2.53. The van der Waals surface area contributed by atoms with Crippen molar-refractivity contribution in [2.75, 3.05) is 7.11 Å². The number of aliphatic hydroxyl groups excluding tert-OH is 1. The average molecular weight is 511 g/mol.